The van der Waals surface area contributed by atoms with Gasteiger partial charge in [0.15, 0.2) is 0 Å². The maximum Gasteiger partial charge on any atom is 0.126 e. The van der Waals surface area contributed by atoms with E-state index in [9.17, 15) is 0 Å². The molecule has 2 atom stereocenters. The number of hydrogen-bond acceptors (Lipinski definition) is 3. The highest BCUT2D eigenvalue weighted by atomic mass is 35.5. The Hall–Kier alpha value is -0.800. The molecular formula is C16H26ClN3. The van der Waals surface area contributed by atoms with Crippen LogP contribution < -0.4 is 5.32 Å². The van der Waals surface area contributed by atoms with Crippen molar-refractivity contribution in [1.82, 2.24) is 9.88 Å². The van der Waals surface area contributed by atoms with Crippen molar-refractivity contribution in [2.24, 2.45) is 5.92 Å². The van der Waals surface area contributed by atoms with E-state index in [1.807, 2.05) is 12.1 Å². The fraction of sp³-hybridized carbons (Fsp3) is 0.688. The number of anilines is 1. The van der Waals surface area contributed by atoms with Crippen LogP contribution >= 0.6 is 11.6 Å². The van der Waals surface area contributed by atoms with Crippen molar-refractivity contribution in [1.29, 1.82) is 0 Å². The molecule has 0 aromatic carbocycles. The average molecular weight is 296 g/mol. The second-order valence-electron chi connectivity index (χ2n) is 6.00. The molecule has 0 spiro atoms. The predicted octanol–water partition coefficient (Wildman–Crippen LogP) is 4.18. The Labute approximate surface area is 127 Å². The molecule has 0 aliphatic heterocycles. The van der Waals surface area contributed by atoms with E-state index in [1.54, 1.807) is 0 Å². The van der Waals surface area contributed by atoms with Crippen molar-refractivity contribution in [2.45, 2.75) is 52.1 Å². The van der Waals surface area contributed by atoms with E-state index in [-0.39, 0.29) is 0 Å². The van der Waals surface area contributed by atoms with Crippen molar-refractivity contribution >= 4 is 17.4 Å². The standard InChI is InChI=1S/C16H26ClN3/c1-4-18-16-9-8-14(17)15(19-16)11-20(3)13-7-5-6-12(2)10-13/h8-9,12-13H,4-7,10-11H2,1-3H3,(H,18,19). The van der Waals surface area contributed by atoms with Crippen molar-refractivity contribution in [3.05, 3.63) is 22.8 Å². The summed E-state index contributed by atoms with van der Waals surface area (Å²) in [5.74, 6) is 1.75. The minimum Gasteiger partial charge on any atom is -0.370 e. The normalized spacial score (nSPS) is 23.1. The van der Waals surface area contributed by atoms with E-state index >= 15 is 0 Å². The number of nitrogens with one attached hydrogen (secondary N) is 1. The Balaban J connectivity index is 2.02. The van der Waals surface area contributed by atoms with Crippen molar-refractivity contribution in [3.8, 4) is 0 Å². The van der Waals surface area contributed by atoms with E-state index < -0.39 is 0 Å². The average Bonchev–Trinajstić information content (AvgIpc) is 2.43. The SMILES string of the molecule is CCNc1ccc(Cl)c(CN(C)C2CCCC(C)C2)n1. The summed E-state index contributed by atoms with van der Waals surface area (Å²) in [6.07, 6.45) is 5.31. The molecule has 1 N–H and O–H groups in total. The fourth-order valence-electron chi connectivity index (χ4n) is 3.04. The first-order valence-corrected chi connectivity index (χ1v) is 8.07. The van der Waals surface area contributed by atoms with Gasteiger partial charge in [-0.15, -0.1) is 0 Å². The van der Waals surface area contributed by atoms with E-state index in [1.165, 1.54) is 25.7 Å². The molecule has 112 valence electrons. The van der Waals surface area contributed by atoms with Gasteiger partial charge in [-0.25, -0.2) is 4.98 Å². The summed E-state index contributed by atoms with van der Waals surface area (Å²) in [6, 6.07) is 4.55. The molecule has 2 unspecified atom stereocenters. The largest absolute Gasteiger partial charge is 0.370 e. The molecule has 1 heterocycles. The summed E-state index contributed by atoms with van der Waals surface area (Å²) >= 11 is 6.29. The van der Waals surface area contributed by atoms with Crippen molar-refractivity contribution in [2.75, 3.05) is 18.9 Å². The lowest BCUT2D eigenvalue weighted by Crippen LogP contribution is -2.35. The molecule has 1 aliphatic rings. The summed E-state index contributed by atoms with van der Waals surface area (Å²) in [6.45, 7) is 6.14. The maximum absolute atomic E-state index is 6.29. The highest BCUT2D eigenvalue weighted by molar-refractivity contribution is 6.31. The topological polar surface area (TPSA) is 28.2 Å². The number of halogens is 1. The third-order valence-electron chi connectivity index (χ3n) is 4.21. The van der Waals surface area contributed by atoms with Crippen LogP contribution in [0.15, 0.2) is 12.1 Å². The number of hydrogen-bond donors (Lipinski definition) is 1. The second kappa shape index (κ2) is 7.28. The zero-order valence-electron chi connectivity index (χ0n) is 12.8. The first kappa shape index (κ1) is 15.6. The fourth-order valence-corrected chi connectivity index (χ4v) is 3.21. The molecule has 0 amide bonds. The quantitative estimate of drug-likeness (QED) is 0.883. The molecule has 3 nitrogen and oxygen atoms in total. The van der Waals surface area contributed by atoms with Crippen LogP contribution in [-0.2, 0) is 6.54 Å². The zero-order valence-corrected chi connectivity index (χ0v) is 13.6. The van der Waals surface area contributed by atoms with Gasteiger partial charge in [-0.1, -0.05) is 31.4 Å². The van der Waals surface area contributed by atoms with Gasteiger partial charge in [-0.3, -0.25) is 4.90 Å². The number of nitrogens with zero attached hydrogens (tertiary/aromatic N) is 2. The van der Waals surface area contributed by atoms with Gasteiger partial charge in [-0.05, 0) is 44.9 Å². The van der Waals surface area contributed by atoms with Gasteiger partial charge >= 0.3 is 0 Å². The molecule has 1 fully saturated rings. The van der Waals surface area contributed by atoms with Crippen LogP contribution in [0.2, 0.25) is 5.02 Å². The second-order valence-corrected chi connectivity index (χ2v) is 6.40. The molecule has 1 aromatic rings. The summed E-state index contributed by atoms with van der Waals surface area (Å²) in [7, 11) is 2.20. The van der Waals surface area contributed by atoms with Crippen LogP contribution in [0.25, 0.3) is 0 Å². The lowest BCUT2D eigenvalue weighted by atomic mass is 9.86. The molecule has 1 aliphatic carbocycles. The third-order valence-corrected chi connectivity index (χ3v) is 4.55. The van der Waals surface area contributed by atoms with Crippen molar-refractivity contribution < 1.29 is 0 Å². The minimum absolute atomic E-state index is 0.666. The van der Waals surface area contributed by atoms with E-state index in [0.29, 0.717) is 6.04 Å². The molecular weight excluding hydrogens is 270 g/mol. The Kier molecular flexibility index (Phi) is 5.67. The number of pyridine rings is 1. The van der Waals surface area contributed by atoms with Crippen LogP contribution in [0.5, 0.6) is 0 Å². The molecule has 0 radical (unpaired) electrons. The zero-order chi connectivity index (χ0) is 14.5. The lowest BCUT2D eigenvalue weighted by molar-refractivity contribution is 0.156. The van der Waals surface area contributed by atoms with Crippen molar-refractivity contribution in [3.63, 3.8) is 0 Å². The minimum atomic E-state index is 0.666. The van der Waals surface area contributed by atoms with E-state index in [4.69, 9.17) is 11.6 Å². The molecule has 0 bridgehead atoms. The van der Waals surface area contributed by atoms with Crippen LogP contribution in [0.3, 0.4) is 0 Å². The van der Waals surface area contributed by atoms with Crippen LogP contribution in [0, 0.1) is 5.92 Å². The molecule has 4 heteroatoms. The Bertz CT molecular complexity index is 436. The Morgan fingerprint density at radius 3 is 2.90 bits per heavy atom. The highest BCUT2D eigenvalue weighted by Gasteiger charge is 2.23. The predicted molar refractivity (Wildman–Crippen MR) is 86.3 cm³/mol. The first-order chi connectivity index (χ1) is 9.60. The maximum atomic E-state index is 6.29. The van der Waals surface area contributed by atoms with Gasteiger partial charge in [-0.2, -0.15) is 0 Å². The number of rotatable bonds is 5. The van der Waals surface area contributed by atoms with Gasteiger partial charge in [0, 0.05) is 19.1 Å². The first-order valence-electron chi connectivity index (χ1n) is 7.69. The van der Waals surface area contributed by atoms with Gasteiger partial charge in [0.2, 0.25) is 0 Å². The molecule has 1 saturated carbocycles. The molecule has 0 saturated heterocycles. The van der Waals surface area contributed by atoms with Crippen LogP contribution in [0.1, 0.15) is 45.2 Å². The van der Waals surface area contributed by atoms with E-state index in [2.05, 4.69) is 36.1 Å². The van der Waals surface area contributed by atoms with E-state index in [0.717, 1.165) is 35.5 Å². The molecule has 2 rings (SSSR count). The molecule has 20 heavy (non-hydrogen) atoms. The monoisotopic (exact) mass is 295 g/mol. The number of aromatic nitrogens is 1. The summed E-state index contributed by atoms with van der Waals surface area (Å²) in [5, 5.41) is 4.01. The summed E-state index contributed by atoms with van der Waals surface area (Å²) < 4.78 is 0. The third kappa shape index (κ3) is 4.10. The van der Waals surface area contributed by atoms with Gasteiger partial charge in [0.25, 0.3) is 0 Å². The summed E-state index contributed by atoms with van der Waals surface area (Å²) in [5.41, 5.74) is 0.978. The lowest BCUT2D eigenvalue weighted by Gasteiger charge is -2.34. The Morgan fingerprint density at radius 1 is 1.40 bits per heavy atom. The highest BCUT2D eigenvalue weighted by Crippen LogP contribution is 2.28. The molecule has 1 aromatic heterocycles. The smallest absolute Gasteiger partial charge is 0.126 e. The van der Waals surface area contributed by atoms with Gasteiger partial charge < -0.3 is 5.32 Å². The van der Waals surface area contributed by atoms with Gasteiger partial charge in [0.1, 0.15) is 5.82 Å². The van der Waals surface area contributed by atoms with Gasteiger partial charge in [0.05, 0.1) is 10.7 Å². The Morgan fingerprint density at radius 2 is 2.20 bits per heavy atom. The van der Waals surface area contributed by atoms with Crippen LogP contribution in [0.4, 0.5) is 5.82 Å². The van der Waals surface area contributed by atoms with Crippen LogP contribution in [-0.4, -0.2) is 29.5 Å². The summed E-state index contributed by atoms with van der Waals surface area (Å²) in [4.78, 5) is 7.05.